The largest absolute Gasteiger partial charge is 0.279 e. The molecule has 2 rings (SSSR count). The van der Waals surface area contributed by atoms with Crippen molar-refractivity contribution in [3.8, 4) is 0 Å². The average molecular weight is 577 g/mol. The molecule has 0 fully saturated rings. The zero-order valence-electron chi connectivity index (χ0n) is 9.75. The van der Waals surface area contributed by atoms with Crippen molar-refractivity contribution in [1.29, 1.82) is 0 Å². The minimum absolute atomic E-state index is 0.329. The fourth-order valence-electron chi connectivity index (χ4n) is 1.37. The van der Waals surface area contributed by atoms with Gasteiger partial charge in [0.15, 0.2) is 0 Å². The minimum Gasteiger partial charge on any atom is -0.267 e. The van der Waals surface area contributed by atoms with Crippen LogP contribution in [-0.2, 0) is 0 Å². The molecule has 1 heterocycles. The van der Waals surface area contributed by atoms with Crippen LogP contribution < -0.4 is 10.9 Å². The molecule has 0 unspecified atom stereocenters. The van der Waals surface area contributed by atoms with E-state index in [0.717, 1.165) is 7.14 Å². The molecule has 2 aromatic rings. The highest BCUT2D eigenvalue weighted by Gasteiger charge is 2.15. The van der Waals surface area contributed by atoms with Crippen LogP contribution in [0.2, 0.25) is 0 Å². The Bertz CT molecular complexity index is 662. The fourth-order valence-corrected chi connectivity index (χ4v) is 4.24. The van der Waals surface area contributed by atoms with Gasteiger partial charge in [-0.25, -0.2) is 0 Å². The summed E-state index contributed by atoms with van der Waals surface area (Å²) in [5.74, 6) is -0.692. The first-order valence-electron chi connectivity index (χ1n) is 5.28. The normalized spacial score (nSPS) is 10.2. The van der Waals surface area contributed by atoms with E-state index in [4.69, 9.17) is 0 Å². The van der Waals surface area contributed by atoms with Crippen LogP contribution in [0.15, 0.2) is 34.1 Å². The van der Waals surface area contributed by atoms with Gasteiger partial charge in [-0.2, -0.15) is 0 Å². The van der Waals surface area contributed by atoms with Gasteiger partial charge < -0.3 is 0 Å². The van der Waals surface area contributed by atoms with Crippen LogP contribution in [0, 0.1) is 7.14 Å². The second-order valence-electron chi connectivity index (χ2n) is 3.63. The van der Waals surface area contributed by atoms with E-state index in [1.165, 1.54) is 11.3 Å². The molecule has 104 valence electrons. The zero-order valence-corrected chi connectivity index (χ0v) is 16.5. The second kappa shape index (κ2) is 7.18. The molecule has 1 aromatic carbocycles. The summed E-state index contributed by atoms with van der Waals surface area (Å²) >= 11 is 8.97. The number of carbonyl (C=O) groups is 2. The van der Waals surface area contributed by atoms with Crippen LogP contribution >= 0.6 is 72.4 Å². The number of hydrogen-bond donors (Lipinski definition) is 2. The maximum Gasteiger partial charge on any atom is 0.279 e. The molecular weight excluding hydrogens is 570 g/mol. The van der Waals surface area contributed by atoms with Crippen molar-refractivity contribution in [3.05, 3.63) is 51.7 Å². The van der Waals surface area contributed by atoms with E-state index in [9.17, 15) is 9.59 Å². The number of amides is 2. The molecule has 2 amide bonds. The van der Waals surface area contributed by atoms with E-state index in [0.29, 0.717) is 14.9 Å². The minimum atomic E-state index is -0.363. The van der Waals surface area contributed by atoms with Crippen molar-refractivity contribution in [2.75, 3.05) is 0 Å². The van der Waals surface area contributed by atoms with Gasteiger partial charge in [0.25, 0.3) is 11.8 Å². The summed E-state index contributed by atoms with van der Waals surface area (Å²) < 4.78 is 2.59. The summed E-state index contributed by atoms with van der Waals surface area (Å²) in [6, 6.07) is 7.17. The molecule has 20 heavy (non-hydrogen) atoms. The van der Waals surface area contributed by atoms with E-state index >= 15 is 0 Å². The molecular formula is C12H7BrI2N2O2S. The fraction of sp³-hybridized carbons (Fsp3) is 0. The third-order valence-corrected chi connectivity index (χ3v) is 6.21. The van der Waals surface area contributed by atoms with E-state index in [-0.39, 0.29) is 11.8 Å². The van der Waals surface area contributed by atoms with Crippen molar-refractivity contribution < 1.29 is 9.59 Å². The van der Waals surface area contributed by atoms with Crippen LogP contribution in [0.5, 0.6) is 0 Å². The quantitative estimate of drug-likeness (QED) is 0.325. The van der Waals surface area contributed by atoms with E-state index in [1.807, 2.05) is 6.07 Å². The first-order valence-corrected chi connectivity index (χ1v) is 9.11. The van der Waals surface area contributed by atoms with Gasteiger partial charge in [-0.1, -0.05) is 6.07 Å². The highest BCUT2D eigenvalue weighted by Crippen LogP contribution is 2.26. The zero-order chi connectivity index (χ0) is 14.7. The number of nitrogens with one attached hydrogen (secondary N) is 2. The topological polar surface area (TPSA) is 58.2 Å². The van der Waals surface area contributed by atoms with E-state index in [2.05, 4.69) is 72.0 Å². The standard InChI is InChI=1S/C12H7BrI2N2O2S/c13-10-7(4-6(14)5-8(10)15)11(18)16-17-12(19)9-2-1-3-20-9/h1-5H,(H,16,18)(H,17,19). The van der Waals surface area contributed by atoms with E-state index < -0.39 is 0 Å². The SMILES string of the molecule is O=C(NNC(=O)c1cc(I)cc(I)c1Br)c1cccs1. The molecule has 0 saturated carbocycles. The van der Waals surface area contributed by atoms with Gasteiger partial charge in [-0.15, -0.1) is 11.3 Å². The van der Waals surface area contributed by atoms with Gasteiger partial charge in [0.2, 0.25) is 0 Å². The Morgan fingerprint density at radius 2 is 1.85 bits per heavy atom. The Balaban J connectivity index is 2.08. The van der Waals surface area contributed by atoms with Gasteiger partial charge >= 0.3 is 0 Å². The van der Waals surface area contributed by atoms with Gasteiger partial charge in [-0.05, 0) is 84.7 Å². The Kier molecular flexibility index (Phi) is 5.81. The molecule has 0 aliphatic carbocycles. The predicted molar refractivity (Wildman–Crippen MR) is 98.8 cm³/mol. The lowest BCUT2D eigenvalue weighted by atomic mass is 10.2. The molecule has 0 aliphatic heterocycles. The van der Waals surface area contributed by atoms with Crippen molar-refractivity contribution >= 4 is 84.3 Å². The number of halogens is 3. The molecule has 0 saturated heterocycles. The number of hydrazine groups is 1. The summed E-state index contributed by atoms with van der Waals surface area (Å²) in [7, 11) is 0. The van der Waals surface area contributed by atoms with Gasteiger partial charge in [-0.3, -0.25) is 20.4 Å². The second-order valence-corrected chi connectivity index (χ2v) is 7.78. The average Bonchev–Trinajstić information content (AvgIpc) is 2.93. The summed E-state index contributed by atoms with van der Waals surface area (Å²) in [4.78, 5) is 24.4. The molecule has 0 atom stereocenters. The molecule has 0 aliphatic rings. The van der Waals surface area contributed by atoms with Crippen LogP contribution in [-0.4, -0.2) is 11.8 Å². The molecule has 0 bridgehead atoms. The molecule has 8 heteroatoms. The van der Waals surface area contributed by atoms with Crippen LogP contribution in [0.3, 0.4) is 0 Å². The molecule has 0 spiro atoms. The maximum atomic E-state index is 12.1. The lowest BCUT2D eigenvalue weighted by Crippen LogP contribution is -2.41. The first kappa shape index (κ1) is 16.2. The molecule has 4 nitrogen and oxygen atoms in total. The van der Waals surface area contributed by atoms with Gasteiger partial charge in [0, 0.05) is 11.6 Å². The van der Waals surface area contributed by atoms with Crippen molar-refractivity contribution in [2.24, 2.45) is 0 Å². The lowest BCUT2D eigenvalue weighted by molar-refractivity contribution is 0.0848. The Morgan fingerprint density at radius 3 is 2.50 bits per heavy atom. The predicted octanol–water partition coefficient (Wildman–Crippen LogP) is 3.79. The number of thiophene rings is 1. The van der Waals surface area contributed by atoms with Crippen molar-refractivity contribution in [2.45, 2.75) is 0 Å². The monoisotopic (exact) mass is 576 g/mol. The number of carbonyl (C=O) groups excluding carboxylic acids is 2. The summed E-state index contributed by atoms with van der Waals surface area (Å²) in [5, 5.41) is 1.80. The smallest absolute Gasteiger partial charge is 0.267 e. The number of rotatable bonds is 2. The summed E-state index contributed by atoms with van der Waals surface area (Å²) in [5.41, 5.74) is 5.29. The van der Waals surface area contributed by atoms with Gasteiger partial charge in [0.1, 0.15) is 0 Å². The Labute approximate surface area is 155 Å². The molecule has 2 N–H and O–H groups in total. The third-order valence-electron chi connectivity index (χ3n) is 2.27. The highest BCUT2D eigenvalue weighted by molar-refractivity contribution is 14.1. The summed E-state index contributed by atoms with van der Waals surface area (Å²) in [6.07, 6.45) is 0. The van der Waals surface area contributed by atoms with E-state index in [1.54, 1.807) is 23.6 Å². The van der Waals surface area contributed by atoms with Crippen molar-refractivity contribution in [3.63, 3.8) is 0 Å². The summed E-state index contributed by atoms with van der Waals surface area (Å²) in [6.45, 7) is 0. The Hall–Kier alpha value is -0.200. The van der Waals surface area contributed by atoms with Crippen LogP contribution in [0.1, 0.15) is 20.0 Å². The number of hydrogen-bond acceptors (Lipinski definition) is 3. The Morgan fingerprint density at radius 1 is 1.15 bits per heavy atom. The molecule has 1 aromatic heterocycles. The maximum absolute atomic E-state index is 12.1. The highest BCUT2D eigenvalue weighted by atomic mass is 127. The number of benzene rings is 1. The molecule has 0 radical (unpaired) electrons. The lowest BCUT2D eigenvalue weighted by Gasteiger charge is -2.09. The van der Waals surface area contributed by atoms with Crippen LogP contribution in [0.25, 0.3) is 0 Å². The third kappa shape index (κ3) is 3.92. The van der Waals surface area contributed by atoms with Crippen LogP contribution in [0.4, 0.5) is 0 Å². The first-order chi connectivity index (χ1) is 9.49. The van der Waals surface area contributed by atoms with Gasteiger partial charge in [0.05, 0.1) is 10.4 Å². The van der Waals surface area contributed by atoms with Crippen molar-refractivity contribution in [1.82, 2.24) is 10.9 Å².